The summed E-state index contributed by atoms with van der Waals surface area (Å²) in [6.45, 7) is 3.58. The Hall–Kier alpha value is -2.26. The first kappa shape index (κ1) is 17.1. The molecule has 1 N–H and O–H groups in total. The molecule has 23 heavy (non-hydrogen) atoms. The van der Waals surface area contributed by atoms with Gasteiger partial charge in [-0.2, -0.15) is 0 Å². The quantitative estimate of drug-likeness (QED) is 0.656. The molecule has 0 saturated heterocycles. The second-order valence-electron chi connectivity index (χ2n) is 4.94. The molecular weight excluding hydrogens is 340 g/mol. The van der Waals surface area contributed by atoms with Gasteiger partial charge in [0.2, 0.25) is 10.0 Å². The zero-order valence-electron chi connectivity index (χ0n) is 12.4. The highest BCUT2D eigenvalue weighted by Crippen LogP contribution is 2.21. The van der Waals surface area contributed by atoms with E-state index in [4.69, 9.17) is 0 Å². The fourth-order valence-corrected chi connectivity index (χ4v) is 4.04. The Morgan fingerprint density at radius 1 is 1.26 bits per heavy atom. The SMILES string of the molecule is Cc1cc(C(=O)NS(=O)(=O)Cc2ccc([N+](=O)[O-])cc2)c(C)s1. The van der Waals surface area contributed by atoms with E-state index in [2.05, 4.69) is 0 Å². The molecule has 122 valence electrons. The summed E-state index contributed by atoms with van der Waals surface area (Å²) in [7, 11) is -3.89. The Morgan fingerprint density at radius 3 is 2.35 bits per heavy atom. The Kier molecular flexibility index (Phi) is 4.81. The lowest BCUT2D eigenvalue weighted by atomic mass is 10.2. The average molecular weight is 354 g/mol. The van der Waals surface area contributed by atoms with Crippen molar-refractivity contribution in [3.05, 3.63) is 61.3 Å². The summed E-state index contributed by atoms with van der Waals surface area (Å²) in [5.74, 6) is -1.10. The molecule has 0 bridgehead atoms. The summed E-state index contributed by atoms with van der Waals surface area (Å²) < 4.78 is 26.1. The van der Waals surface area contributed by atoms with E-state index in [1.54, 1.807) is 13.0 Å². The number of aryl methyl sites for hydroxylation is 2. The Labute approximate surface area is 137 Å². The Balaban J connectivity index is 2.11. The third kappa shape index (κ3) is 4.36. The lowest BCUT2D eigenvalue weighted by Crippen LogP contribution is -2.31. The first-order chi connectivity index (χ1) is 10.7. The van der Waals surface area contributed by atoms with Crippen LogP contribution >= 0.6 is 11.3 Å². The Morgan fingerprint density at radius 2 is 1.87 bits per heavy atom. The van der Waals surface area contributed by atoms with Gasteiger partial charge in [-0.25, -0.2) is 13.1 Å². The van der Waals surface area contributed by atoms with Crippen LogP contribution in [0.25, 0.3) is 0 Å². The maximum absolute atomic E-state index is 12.1. The minimum absolute atomic E-state index is 0.125. The van der Waals surface area contributed by atoms with Crippen molar-refractivity contribution in [2.45, 2.75) is 19.6 Å². The summed E-state index contributed by atoms with van der Waals surface area (Å²) in [6, 6.07) is 6.78. The van der Waals surface area contributed by atoms with Gasteiger partial charge in [0.25, 0.3) is 11.6 Å². The lowest BCUT2D eigenvalue weighted by Gasteiger charge is -2.06. The summed E-state index contributed by atoms with van der Waals surface area (Å²) >= 11 is 1.41. The number of thiophene rings is 1. The van der Waals surface area contributed by atoms with E-state index in [-0.39, 0.29) is 5.69 Å². The molecule has 0 fully saturated rings. The molecule has 0 atom stereocenters. The Bertz CT molecular complexity index is 854. The summed E-state index contributed by atoms with van der Waals surface area (Å²) in [6.07, 6.45) is 0. The van der Waals surface area contributed by atoms with Crippen LogP contribution in [0.4, 0.5) is 5.69 Å². The average Bonchev–Trinajstić information content (AvgIpc) is 2.77. The number of nitrogens with zero attached hydrogens (tertiary/aromatic N) is 1. The number of sulfonamides is 1. The molecule has 1 aromatic heterocycles. The molecule has 0 aliphatic carbocycles. The number of benzene rings is 1. The smallest absolute Gasteiger partial charge is 0.268 e. The molecule has 0 unspecified atom stereocenters. The first-order valence-corrected chi connectivity index (χ1v) is 9.00. The highest BCUT2D eigenvalue weighted by atomic mass is 32.2. The van der Waals surface area contributed by atoms with E-state index >= 15 is 0 Å². The molecule has 9 heteroatoms. The molecule has 2 rings (SSSR count). The van der Waals surface area contributed by atoms with Crippen molar-refractivity contribution in [1.82, 2.24) is 4.72 Å². The van der Waals surface area contributed by atoms with Gasteiger partial charge in [-0.3, -0.25) is 14.9 Å². The van der Waals surface area contributed by atoms with Crippen LogP contribution in [0, 0.1) is 24.0 Å². The highest BCUT2D eigenvalue weighted by molar-refractivity contribution is 7.89. The zero-order valence-corrected chi connectivity index (χ0v) is 14.0. The van der Waals surface area contributed by atoms with E-state index in [9.17, 15) is 23.3 Å². The van der Waals surface area contributed by atoms with Gasteiger partial charge in [0.1, 0.15) is 0 Å². The molecule has 0 spiro atoms. The van der Waals surface area contributed by atoms with Crippen molar-refractivity contribution >= 4 is 33.0 Å². The third-order valence-electron chi connectivity index (χ3n) is 3.04. The van der Waals surface area contributed by atoms with Gasteiger partial charge in [0.15, 0.2) is 0 Å². The van der Waals surface area contributed by atoms with Crippen LogP contribution in [0.1, 0.15) is 25.7 Å². The molecule has 0 saturated carbocycles. The monoisotopic (exact) mass is 354 g/mol. The zero-order chi connectivity index (χ0) is 17.2. The van der Waals surface area contributed by atoms with Crippen molar-refractivity contribution in [2.24, 2.45) is 0 Å². The molecule has 1 heterocycles. The summed E-state index contributed by atoms with van der Waals surface area (Å²) in [5, 5.41) is 10.6. The molecule has 1 amide bonds. The van der Waals surface area contributed by atoms with Crippen LogP contribution in [-0.2, 0) is 15.8 Å². The number of non-ortho nitro benzene ring substituents is 1. The molecule has 2 aromatic rings. The van der Waals surface area contributed by atoms with E-state index in [0.717, 1.165) is 9.75 Å². The minimum Gasteiger partial charge on any atom is -0.268 e. The van der Waals surface area contributed by atoms with Gasteiger partial charge in [0.05, 0.1) is 16.2 Å². The van der Waals surface area contributed by atoms with E-state index < -0.39 is 26.6 Å². The lowest BCUT2D eigenvalue weighted by molar-refractivity contribution is -0.384. The van der Waals surface area contributed by atoms with Crippen molar-refractivity contribution in [3.8, 4) is 0 Å². The van der Waals surface area contributed by atoms with Crippen molar-refractivity contribution < 1.29 is 18.1 Å². The predicted molar refractivity (Wildman–Crippen MR) is 87.0 cm³/mol. The number of hydrogen-bond acceptors (Lipinski definition) is 6. The number of carbonyl (C=O) groups is 1. The third-order valence-corrected chi connectivity index (χ3v) is 5.21. The number of nitro benzene ring substituents is 1. The van der Waals surface area contributed by atoms with Crippen LogP contribution in [0.2, 0.25) is 0 Å². The first-order valence-electron chi connectivity index (χ1n) is 6.53. The predicted octanol–water partition coefficient (Wildman–Crippen LogP) is 2.53. The number of carbonyl (C=O) groups excluding carboxylic acids is 1. The maximum Gasteiger partial charge on any atom is 0.269 e. The fourth-order valence-electron chi connectivity index (χ4n) is 2.02. The number of amides is 1. The topological polar surface area (TPSA) is 106 Å². The van der Waals surface area contributed by atoms with Crippen molar-refractivity contribution in [3.63, 3.8) is 0 Å². The van der Waals surface area contributed by atoms with E-state index in [1.807, 2.05) is 11.6 Å². The van der Waals surface area contributed by atoms with Crippen molar-refractivity contribution in [1.29, 1.82) is 0 Å². The molecule has 1 aromatic carbocycles. The van der Waals surface area contributed by atoms with E-state index in [0.29, 0.717) is 11.1 Å². The summed E-state index contributed by atoms with van der Waals surface area (Å²) in [5.41, 5.74) is 0.563. The van der Waals surface area contributed by atoms with E-state index in [1.165, 1.54) is 35.6 Å². The number of rotatable bonds is 5. The van der Waals surface area contributed by atoms with Gasteiger partial charge < -0.3 is 0 Å². The van der Waals surface area contributed by atoms with Crippen LogP contribution in [0.15, 0.2) is 30.3 Å². The van der Waals surface area contributed by atoms with Crippen LogP contribution in [-0.4, -0.2) is 19.2 Å². The molecular formula is C14H14N2O5S2. The van der Waals surface area contributed by atoms with Crippen LogP contribution < -0.4 is 4.72 Å². The fraction of sp³-hybridized carbons (Fsp3) is 0.214. The second kappa shape index (κ2) is 6.47. The standard InChI is InChI=1S/C14H14N2O5S2/c1-9-7-13(10(2)22-9)14(17)15-23(20,21)8-11-3-5-12(6-4-11)16(18)19/h3-7H,8H2,1-2H3,(H,15,17). The number of hydrogen-bond donors (Lipinski definition) is 1. The maximum atomic E-state index is 12.1. The summed E-state index contributed by atoms with van der Waals surface area (Å²) in [4.78, 5) is 23.7. The van der Waals surface area contributed by atoms with Gasteiger partial charge in [-0.1, -0.05) is 12.1 Å². The van der Waals surface area contributed by atoms with Gasteiger partial charge in [-0.05, 0) is 25.5 Å². The molecule has 0 aliphatic rings. The van der Waals surface area contributed by atoms with Crippen molar-refractivity contribution in [2.75, 3.05) is 0 Å². The molecule has 0 aliphatic heterocycles. The number of nitrogens with one attached hydrogen (secondary N) is 1. The van der Waals surface area contributed by atoms with Gasteiger partial charge >= 0.3 is 0 Å². The normalized spacial score (nSPS) is 11.2. The second-order valence-corrected chi connectivity index (χ2v) is 8.12. The van der Waals surface area contributed by atoms with Crippen LogP contribution in [0.3, 0.4) is 0 Å². The van der Waals surface area contributed by atoms with Gasteiger partial charge in [-0.15, -0.1) is 11.3 Å². The van der Waals surface area contributed by atoms with Crippen LogP contribution in [0.5, 0.6) is 0 Å². The van der Waals surface area contributed by atoms with Gasteiger partial charge in [0, 0.05) is 21.9 Å². The largest absolute Gasteiger partial charge is 0.269 e. The molecule has 7 nitrogen and oxygen atoms in total. The molecule has 0 radical (unpaired) electrons. The highest BCUT2D eigenvalue weighted by Gasteiger charge is 2.19. The minimum atomic E-state index is -3.89. The number of nitro groups is 1.